The average molecular weight is 429 g/mol. The third kappa shape index (κ3) is 3.25. The van der Waals surface area contributed by atoms with Crippen molar-refractivity contribution in [1.82, 2.24) is 4.57 Å². The maximum absolute atomic E-state index is 13.0. The van der Waals surface area contributed by atoms with Crippen molar-refractivity contribution >= 4 is 40.1 Å². The molecule has 5 nitrogen and oxygen atoms in total. The summed E-state index contributed by atoms with van der Waals surface area (Å²) >= 11 is 1.32. The van der Waals surface area contributed by atoms with E-state index in [1.807, 2.05) is 29.8 Å². The zero-order valence-corrected chi connectivity index (χ0v) is 17.9. The van der Waals surface area contributed by atoms with Gasteiger partial charge in [0.05, 0.1) is 5.56 Å². The second-order valence-corrected chi connectivity index (χ2v) is 8.21. The van der Waals surface area contributed by atoms with Crippen molar-refractivity contribution in [2.24, 2.45) is 0 Å². The summed E-state index contributed by atoms with van der Waals surface area (Å²) in [6.07, 6.45) is 3.81. The Hall–Kier alpha value is -3.64. The number of fused-ring (bicyclic) bond motifs is 2. The predicted molar refractivity (Wildman–Crippen MR) is 121 cm³/mol. The Morgan fingerprint density at radius 1 is 1.16 bits per heavy atom. The monoisotopic (exact) mass is 429 g/mol. The largest absolute Gasteiger partial charge is 0.452 e. The lowest BCUT2D eigenvalue weighted by Gasteiger charge is -2.09. The number of carbonyl (C=O) groups excluding carboxylic acids is 2. The van der Waals surface area contributed by atoms with Gasteiger partial charge in [0.25, 0.3) is 0 Å². The summed E-state index contributed by atoms with van der Waals surface area (Å²) in [4.78, 5) is 25.8. The fraction of sp³-hybridized carbons (Fsp3) is 0.120. The van der Waals surface area contributed by atoms with Gasteiger partial charge in [-0.15, -0.1) is 11.3 Å². The molecule has 5 rings (SSSR count). The first-order valence-corrected chi connectivity index (χ1v) is 10.9. The molecule has 0 atom stereocenters. The second-order valence-electron chi connectivity index (χ2n) is 7.26. The lowest BCUT2D eigenvalue weighted by Crippen LogP contribution is -2.07. The number of carbonyl (C=O) groups is 2. The topological polar surface area (TPSA) is 57.5 Å². The SMILES string of the molecule is CCn1cc(C=C2Oc3c(ccc(OC(=O)c4cccs4)c3C)C2=O)c2ccccc21. The third-order valence-electron chi connectivity index (χ3n) is 5.41. The highest BCUT2D eigenvalue weighted by atomic mass is 32.1. The Kier molecular flexibility index (Phi) is 4.71. The van der Waals surface area contributed by atoms with Crippen molar-refractivity contribution < 1.29 is 19.1 Å². The molecule has 2 aromatic carbocycles. The molecule has 1 aliphatic rings. The average Bonchev–Trinajstić information content (AvgIpc) is 3.50. The Balaban J connectivity index is 1.49. The number of ketones is 1. The van der Waals surface area contributed by atoms with Crippen molar-refractivity contribution in [3.05, 3.63) is 87.4 Å². The number of aromatic nitrogens is 1. The van der Waals surface area contributed by atoms with Gasteiger partial charge in [-0.2, -0.15) is 0 Å². The summed E-state index contributed by atoms with van der Waals surface area (Å²) in [5.41, 5.74) is 3.13. The number of allylic oxidation sites excluding steroid dienone is 1. The predicted octanol–water partition coefficient (Wildman–Crippen LogP) is 5.87. The van der Waals surface area contributed by atoms with Gasteiger partial charge in [0.1, 0.15) is 16.4 Å². The molecule has 3 heterocycles. The van der Waals surface area contributed by atoms with E-state index in [4.69, 9.17) is 9.47 Å². The first-order valence-electron chi connectivity index (χ1n) is 9.98. The zero-order chi connectivity index (χ0) is 21.5. The molecule has 2 aromatic heterocycles. The van der Waals surface area contributed by atoms with Crippen LogP contribution in [0.2, 0.25) is 0 Å². The van der Waals surface area contributed by atoms with Gasteiger partial charge in [0.2, 0.25) is 5.78 Å². The molecule has 154 valence electrons. The molecule has 0 saturated heterocycles. The van der Waals surface area contributed by atoms with E-state index < -0.39 is 5.97 Å². The smallest absolute Gasteiger partial charge is 0.353 e. The number of esters is 1. The van der Waals surface area contributed by atoms with E-state index >= 15 is 0 Å². The van der Waals surface area contributed by atoms with Gasteiger partial charge in [-0.3, -0.25) is 4.79 Å². The highest BCUT2D eigenvalue weighted by Gasteiger charge is 2.31. The second kappa shape index (κ2) is 7.56. The molecule has 0 bridgehead atoms. The molecule has 0 unspecified atom stereocenters. The molecule has 31 heavy (non-hydrogen) atoms. The molecule has 0 radical (unpaired) electrons. The number of thiophene rings is 1. The minimum atomic E-state index is -0.425. The molecular formula is C25H19NO4S. The number of hydrogen-bond donors (Lipinski definition) is 0. The van der Waals surface area contributed by atoms with E-state index in [0.717, 1.165) is 23.0 Å². The molecule has 4 aromatic rings. The van der Waals surface area contributed by atoms with Crippen LogP contribution in [0, 0.1) is 6.92 Å². The maximum Gasteiger partial charge on any atom is 0.353 e. The number of aryl methyl sites for hydroxylation is 1. The summed E-state index contributed by atoms with van der Waals surface area (Å²) < 4.78 is 13.6. The number of benzene rings is 2. The van der Waals surface area contributed by atoms with Gasteiger partial charge in [0, 0.05) is 34.8 Å². The molecule has 0 saturated carbocycles. The van der Waals surface area contributed by atoms with Crippen LogP contribution in [0.15, 0.2) is 65.9 Å². The molecule has 0 N–H and O–H groups in total. The molecule has 0 spiro atoms. The quantitative estimate of drug-likeness (QED) is 0.231. The van der Waals surface area contributed by atoms with Crippen LogP contribution in [-0.2, 0) is 6.54 Å². The first-order chi connectivity index (χ1) is 15.1. The normalized spacial score (nSPS) is 14.1. The molecule has 0 aliphatic carbocycles. The molecule has 0 amide bonds. The highest BCUT2D eigenvalue weighted by molar-refractivity contribution is 7.12. The maximum atomic E-state index is 13.0. The standard InChI is InChI=1S/C25H19NO4S/c1-3-26-14-16(17-7-4-5-8-19(17)26)13-21-23(27)18-10-11-20(15(2)24(18)29-21)30-25(28)22-9-6-12-31-22/h4-14H,3H2,1-2H3. The number of hydrogen-bond acceptors (Lipinski definition) is 5. The number of rotatable bonds is 4. The lowest BCUT2D eigenvalue weighted by atomic mass is 10.1. The van der Waals surface area contributed by atoms with Crippen LogP contribution >= 0.6 is 11.3 Å². The Morgan fingerprint density at radius 3 is 2.77 bits per heavy atom. The van der Waals surface area contributed by atoms with Crippen molar-refractivity contribution in [3.8, 4) is 11.5 Å². The summed E-state index contributed by atoms with van der Waals surface area (Å²) in [5.74, 6) is 0.479. The zero-order valence-electron chi connectivity index (χ0n) is 17.0. The van der Waals surface area contributed by atoms with Gasteiger partial charge in [0.15, 0.2) is 5.76 Å². The Morgan fingerprint density at radius 2 is 2.00 bits per heavy atom. The Bertz CT molecular complexity index is 1360. The van der Waals surface area contributed by atoms with Crippen LogP contribution in [0.3, 0.4) is 0 Å². The van der Waals surface area contributed by atoms with Gasteiger partial charge in [-0.05, 0) is 49.6 Å². The van der Waals surface area contributed by atoms with Crippen molar-refractivity contribution in [3.63, 3.8) is 0 Å². The molecule has 0 fully saturated rings. The summed E-state index contributed by atoms with van der Waals surface area (Å²) in [6, 6.07) is 14.9. The van der Waals surface area contributed by atoms with E-state index in [1.165, 1.54) is 11.3 Å². The van der Waals surface area contributed by atoms with Crippen molar-refractivity contribution in [2.45, 2.75) is 20.4 Å². The fourth-order valence-corrected chi connectivity index (χ4v) is 4.42. The summed E-state index contributed by atoms with van der Waals surface area (Å²) in [5, 5.41) is 2.88. The molecule has 6 heteroatoms. The van der Waals surface area contributed by atoms with E-state index in [0.29, 0.717) is 27.5 Å². The van der Waals surface area contributed by atoms with Crippen LogP contribution in [0.1, 0.15) is 38.1 Å². The number of nitrogens with zero attached hydrogens (tertiary/aromatic N) is 1. The van der Waals surface area contributed by atoms with Crippen LogP contribution in [0.4, 0.5) is 0 Å². The van der Waals surface area contributed by atoms with E-state index in [1.54, 1.807) is 37.3 Å². The fourth-order valence-electron chi connectivity index (χ4n) is 3.82. The van der Waals surface area contributed by atoms with Gasteiger partial charge in [-0.25, -0.2) is 4.79 Å². The van der Waals surface area contributed by atoms with Crippen LogP contribution in [-0.4, -0.2) is 16.3 Å². The minimum absolute atomic E-state index is 0.178. The third-order valence-corrected chi connectivity index (χ3v) is 6.26. The summed E-state index contributed by atoms with van der Waals surface area (Å²) in [7, 11) is 0. The number of ether oxygens (including phenoxy) is 2. The Labute approximate surface area is 183 Å². The van der Waals surface area contributed by atoms with E-state index in [9.17, 15) is 9.59 Å². The summed E-state index contributed by atoms with van der Waals surface area (Å²) in [6.45, 7) is 4.70. The van der Waals surface area contributed by atoms with Crippen LogP contribution in [0.25, 0.3) is 17.0 Å². The van der Waals surface area contributed by atoms with Crippen LogP contribution in [0.5, 0.6) is 11.5 Å². The van der Waals surface area contributed by atoms with Crippen molar-refractivity contribution in [2.75, 3.05) is 0 Å². The number of para-hydroxylation sites is 1. The van der Waals surface area contributed by atoms with Gasteiger partial charge < -0.3 is 14.0 Å². The van der Waals surface area contributed by atoms with Crippen LogP contribution < -0.4 is 9.47 Å². The molecule has 1 aliphatic heterocycles. The number of Topliss-reactive ketones (excluding diaryl/α,β-unsaturated/α-hetero) is 1. The van der Waals surface area contributed by atoms with Crippen molar-refractivity contribution in [1.29, 1.82) is 0 Å². The van der Waals surface area contributed by atoms with E-state index in [2.05, 4.69) is 17.6 Å². The van der Waals surface area contributed by atoms with E-state index in [-0.39, 0.29) is 11.5 Å². The lowest BCUT2D eigenvalue weighted by molar-refractivity contribution is 0.0738. The van der Waals surface area contributed by atoms with Gasteiger partial charge in [-0.1, -0.05) is 24.3 Å². The van der Waals surface area contributed by atoms with Gasteiger partial charge >= 0.3 is 5.97 Å². The first kappa shape index (κ1) is 19.3. The molecular weight excluding hydrogens is 410 g/mol. The highest BCUT2D eigenvalue weighted by Crippen LogP contribution is 2.40. The minimum Gasteiger partial charge on any atom is -0.452 e.